The molecule has 4 rings (SSSR count). The summed E-state index contributed by atoms with van der Waals surface area (Å²) in [6.45, 7) is 5.58. The van der Waals surface area contributed by atoms with E-state index in [0.29, 0.717) is 18.4 Å². The van der Waals surface area contributed by atoms with Crippen molar-refractivity contribution in [1.82, 2.24) is 25.5 Å². The number of aromatic nitrogens is 2. The quantitative estimate of drug-likeness (QED) is 0.823. The van der Waals surface area contributed by atoms with Crippen molar-refractivity contribution in [3.8, 4) is 0 Å². The standard InChI is InChI=1S/C16H24N6O/c1-11-17-5-4-14(18-11)21-6-8-22(9-7-21)16-19-13(12-2-3-12)10-15(23)20-16/h4-5,12-13,16,19H,2-3,6-10H2,1H3,(H,20,23). The van der Waals surface area contributed by atoms with E-state index in [2.05, 4.69) is 30.4 Å². The van der Waals surface area contributed by atoms with Crippen LogP contribution in [0.15, 0.2) is 12.3 Å². The Morgan fingerprint density at radius 3 is 2.70 bits per heavy atom. The molecular weight excluding hydrogens is 292 g/mol. The fourth-order valence-corrected chi connectivity index (χ4v) is 3.54. The normalized spacial score (nSPS) is 29.4. The second kappa shape index (κ2) is 6.05. The summed E-state index contributed by atoms with van der Waals surface area (Å²) in [6.07, 6.45) is 4.95. The van der Waals surface area contributed by atoms with Crippen LogP contribution in [0.25, 0.3) is 0 Å². The third kappa shape index (κ3) is 3.30. The lowest BCUT2D eigenvalue weighted by Crippen LogP contribution is -2.67. The van der Waals surface area contributed by atoms with E-state index in [4.69, 9.17) is 0 Å². The maximum atomic E-state index is 12.0. The van der Waals surface area contributed by atoms with E-state index in [1.807, 2.05) is 19.2 Å². The number of aryl methyl sites for hydroxylation is 1. The van der Waals surface area contributed by atoms with E-state index in [1.165, 1.54) is 12.8 Å². The molecule has 1 saturated carbocycles. The van der Waals surface area contributed by atoms with Crippen molar-refractivity contribution in [3.05, 3.63) is 18.1 Å². The first-order chi connectivity index (χ1) is 11.2. The molecule has 3 aliphatic rings. The van der Waals surface area contributed by atoms with Crippen molar-refractivity contribution in [1.29, 1.82) is 0 Å². The van der Waals surface area contributed by atoms with Gasteiger partial charge in [-0.25, -0.2) is 9.97 Å². The molecule has 3 fully saturated rings. The van der Waals surface area contributed by atoms with Gasteiger partial charge >= 0.3 is 0 Å². The molecule has 0 spiro atoms. The van der Waals surface area contributed by atoms with Crippen LogP contribution in [0, 0.1) is 12.8 Å². The van der Waals surface area contributed by atoms with Gasteiger partial charge in [0.15, 0.2) is 0 Å². The van der Waals surface area contributed by atoms with Crippen molar-refractivity contribution in [2.45, 2.75) is 38.5 Å². The highest BCUT2D eigenvalue weighted by molar-refractivity contribution is 5.77. The topological polar surface area (TPSA) is 73.4 Å². The average molecular weight is 316 g/mol. The van der Waals surface area contributed by atoms with E-state index in [-0.39, 0.29) is 12.2 Å². The summed E-state index contributed by atoms with van der Waals surface area (Å²) in [5, 5.41) is 6.72. The summed E-state index contributed by atoms with van der Waals surface area (Å²) in [4.78, 5) is 25.3. The van der Waals surface area contributed by atoms with Gasteiger partial charge in [0.05, 0.1) is 0 Å². The van der Waals surface area contributed by atoms with Crippen molar-refractivity contribution >= 4 is 11.7 Å². The minimum atomic E-state index is -0.0175. The number of nitrogens with zero attached hydrogens (tertiary/aromatic N) is 4. The molecule has 1 aromatic heterocycles. The van der Waals surface area contributed by atoms with Crippen LogP contribution in [-0.4, -0.2) is 59.3 Å². The highest BCUT2D eigenvalue weighted by Crippen LogP contribution is 2.35. The number of rotatable bonds is 3. The lowest BCUT2D eigenvalue weighted by Gasteiger charge is -2.43. The molecule has 1 amide bonds. The number of amides is 1. The molecule has 0 bridgehead atoms. The van der Waals surface area contributed by atoms with Crippen LogP contribution < -0.4 is 15.5 Å². The molecule has 2 N–H and O–H groups in total. The molecule has 2 saturated heterocycles. The molecule has 0 radical (unpaired) electrons. The summed E-state index contributed by atoms with van der Waals surface area (Å²) in [6, 6.07) is 2.32. The fourth-order valence-electron chi connectivity index (χ4n) is 3.54. The summed E-state index contributed by atoms with van der Waals surface area (Å²) in [7, 11) is 0. The third-order valence-electron chi connectivity index (χ3n) is 5.03. The lowest BCUT2D eigenvalue weighted by atomic mass is 10.1. The highest BCUT2D eigenvalue weighted by atomic mass is 16.2. The fraction of sp³-hybridized carbons (Fsp3) is 0.688. The maximum absolute atomic E-state index is 12.0. The molecule has 7 heteroatoms. The number of nitrogens with one attached hydrogen (secondary N) is 2. The largest absolute Gasteiger partial charge is 0.354 e. The van der Waals surface area contributed by atoms with Crippen LogP contribution in [0.1, 0.15) is 25.1 Å². The third-order valence-corrected chi connectivity index (χ3v) is 5.03. The second-order valence-electron chi connectivity index (χ2n) is 6.77. The number of hydrogen-bond donors (Lipinski definition) is 2. The molecule has 2 atom stereocenters. The molecular formula is C16H24N6O. The van der Waals surface area contributed by atoms with Gasteiger partial charge in [0.1, 0.15) is 17.9 Å². The average Bonchev–Trinajstić information content (AvgIpc) is 3.39. The number of piperazine rings is 1. The molecule has 124 valence electrons. The summed E-state index contributed by atoms with van der Waals surface area (Å²) in [5.74, 6) is 2.68. The molecule has 3 heterocycles. The minimum Gasteiger partial charge on any atom is -0.354 e. The molecule has 0 aromatic carbocycles. The van der Waals surface area contributed by atoms with E-state index in [1.54, 1.807) is 0 Å². The summed E-state index contributed by atoms with van der Waals surface area (Å²) >= 11 is 0. The van der Waals surface area contributed by atoms with Gasteiger partial charge in [-0.05, 0) is 31.7 Å². The molecule has 2 unspecified atom stereocenters. The zero-order valence-corrected chi connectivity index (χ0v) is 13.5. The Hall–Kier alpha value is -1.73. The predicted molar refractivity (Wildman–Crippen MR) is 86.8 cm³/mol. The van der Waals surface area contributed by atoms with Gasteiger partial charge in [0, 0.05) is 44.8 Å². The predicted octanol–water partition coefficient (Wildman–Crippen LogP) is 0.0787. The van der Waals surface area contributed by atoms with Crippen LogP contribution in [0.4, 0.5) is 5.82 Å². The van der Waals surface area contributed by atoms with Gasteiger partial charge in [-0.15, -0.1) is 0 Å². The van der Waals surface area contributed by atoms with Crippen LogP contribution >= 0.6 is 0 Å². The second-order valence-corrected chi connectivity index (χ2v) is 6.77. The Morgan fingerprint density at radius 1 is 1.22 bits per heavy atom. The monoisotopic (exact) mass is 316 g/mol. The Morgan fingerprint density at radius 2 is 2.00 bits per heavy atom. The minimum absolute atomic E-state index is 0.0175. The number of hydrogen-bond acceptors (Lipinski definition) is 6. The summed E-state index contributed by atoms with van der Waals surface area (Å²) in [5.41, 5.74) is 0. The van der Waals surface area contributed by atoms with Crippen LogP contribution in [0.5, 0.6) is 0 Å². The SMILES string of the molecule is Cc1nccc(N2CCN(C3NC(=O)CC(C4CC4)N3)CC2)n1. The molecule has 23 heavy (non-hydrogen) atoms. The van der Waals surface area contributed by atoms with E-state index < -0.39 is 0 Å². The first-order valence-corrected chi connectivity index (χ1v) is 8.53. The number of carbonyl (C=O) groups is 1. The molecule has 7 nitrogen and oxygen atoms in total. The maximum Gasteiger partial charge on any atom is 0.223 e. The Bertz CT molecular complexity index is 582. The van der Waals surface area contributed by atoms with Gasteiger partial charge in [0.2, 0.25) is 5.91 Å². The Kier molecular flexibility index (Phi) is 3.90. The van der Waals surface area contributed by atoms with Crippen LogP contribution in [0.2, 0.25) is 0 Å². The van der Waals surface area contributed by atoms with E-state index >= 15 is 0 Å². The number of anilines is 1. The lowest BCUT2D eigenvalue weighted by molar-refractivity contribution is -0.127. The van der Waals surface area contributed by atoms with Gasteiger partial charge < -0.3 is 10.2 Å². The number of carbonyl (C=O) groups excluding carboxylic acids is 1. The van der Waals surface area contributed by atoms with Crippen molar-refractivity contribution in [2.75, 3.05) is 31.1 Å². The Balaban J connectivity index is 1.36. The first kappa shape index (κ1) is 14.8. The van der Waals surface area contributed by atoms with E-state index in [0.717, 1.165) is 37.8 Å². The Labute approximate surface area is 136 Å². The zero-order valence-electron chi connectivity index (χ0n) is 13.5. The highest BCUT2D eigenvalue weighted by Gasteiger charge is 2.39. The van der Waals surface area contributed by atoms with Gasteiger partial charge in [-0.2, -0.15) is 0 Å². The first-order valence-electron chi connectivity index (χ1n) is 8.53. The van der Waals surface area contributed by atoms with Crippen molar-refractivity contribution in [3.63, 3.8) is 0 Å². The molecule has 2 aliphatic heterocycles. The summed E-state index contributed by atoms with van der Waals surface area (Å²) < 4.78 is 0. The van der Waals surface area contributed by atoms with Crippen molar-refractivity contribution < 1.29 is 4.79 Å². The van der Waals surface area contributed by atoms with E-state index in [9.17, 15) is 4.79 Å². The van der Waals surface area contributed by atoms with Crippen LogP contribution in [0.3, 0.4) is 0 Å². The van der Waals surface area contributed by atoms with Crippen LogP contribution in [-0.2, 0) is 4.79 Å². The zero-order chi connectivity index (χ0) is 15.8. The van der Waals surface area contributed by atoms with Gasteiger partial charge in [-0.3, -0.25) is 15.0 Å². The smallest absolute Gasteiger partial charge is 0.223 e. The molecule has 1 aliphatic carbocycles. The van der Waals surface area contributed by atoms with Crippen molar-refractivity contribution in [2.24, 2.45) is 5.92 Å². The molecule has 1 aromatic rings. The van der Waals surface area contributed by atoms with Gasteiger partial charge in [0.25, 0.3) is 0 Å². The van der Waals surface area contributed by atoms with Gasteiger partial charge in [-0.1, -0.05) is 0 Å².